The Morgan fingerprint density at radius 1 is 1.22 bits per heavy atom. The second-order valence-electron chi connectivity index (χ2n) is 5.68. The van der Waals surface area contributed by atoms with Gasteiger partial charge in [0.1, 0.15) is 11.6 Å². The van der Waals surface area contributed by atoms with Crippen LogP contribution in [0.1, 0.15) is 30.3 Å². The number of amides is 1. The van der Waals surface area contributed by atoms with Crippen molar-refractivity contribution in [2.24, 2.45) is 0 Å². The zero-order valence-corrected chi connectivity index (χ0v) is 13.6. The first-order chi connectivity index (χ1) is 11.3. The summed E-state index contributed by atoms with van der Waals surface area (Å²) >= 11 is 5.81. The van der Waals surface area contributed by atoms with Gasteiger partial charge in [-0.2, -0.15) is 0 Å². The number of halogens is 1. The standard InChI is InChI=1S/C18H20ClNO3/c19-12-18(21)20(13-16-7-4-9-22-16)15-8-10-23-17(11-15)14-5-2-1-3-6-14/h1-7,9,15,17H,8,10-13H2/t15-,17-/m1/s1. The molecular formula is C18H20ClNO3. The number of ether oxygens (including phenoxy) is 1. The van der Waals surface area contributed by atoms with E-state index in [-0.39, 0.29) is 23.9 Å². The van der Waals surface area contributed by atoms with E-state index < -0.39 is 0 Å². The lowest BCUT2D eigenvalue weighted by atomic mass is 9.96. The van der Waals surface area contributed by atoms with Gasteiger partial charge in [0.25, 0.3) is 0 Å². The van der Waals surface area contributed by atoms with Crippen LogP contribution in [0.25, 0.3) is 0 Å². The van der Waals surface area contributed by atoms with E-state index in [2.05, 4.69) is 12.1 Å². The predicted molar refractivity (Wildman–Crippen MR) is 88.1 cm³/mol. The highest BCUT2D eigenvalue weighted by Gasteiger charge is 2.31. The molecule has 0 N–H and O–H groups in total. The second-order valence-corrected chi connectivity index (χ2v) is 5.95. The SMILES string of the molecule is O=C(CCl)N(Cc1ccco1)[C@@H]1CCO[C@@H](c2ccccc2)C1. The van der Waals surface area contributed by atoms with Crippen LogP contribution in [0.4, 0.5) is 0 Å². The summed E-state index contributed by atoms with van der Waals surface area (Å²) in [6.07, 6.45) is 3.22. The number of benzene rings is 1. The normalized spacial score (nSPS) is 21.1. The Hall–Kier alpha value is -1.78. The first-order valence-corrected chi connectivity index (χ1v) is 8.35. The van der Waals surface area contributed by atoms with Gasteiger partial charge in [0.05, 0.1) is 18.9 Å². The van der Waals surface area contributed by atoms with E-state index in [0.29, 0.717) is 13.2 Å². The lowest BCUT2D eigenvalue weighted by Gasteiger charge is -2.37. The van der Waals surface area contributed by atoms with Crippen molar-refractivity contribution in [2.45, 2.75) is 31.5 Å². The quantitative estimate of drug-likeness (QED) is 0.782. The van der Waals surface area contributed by atoms with Crippen LogP contribution < -0.4 is 0 Å². The number of hydrogen-bond acceptors (Lipinski definition) is 3. The fraction of sp³-hybridized carbons (Fsp3) is 0.389. The molecule has 0 radical (unpaired) electrons. The van der Waals surface area contributed by atoms with Crippen molar-refractivity contribution in [3.63, 3.8) is 0 Å². The summed E-state index contributed by atoms with van der Waals surface area (Å²) in [5.74, 6) is 0.682. The van der Waals surface area contributed by atoms with E-state index in [1.165, 1.54) is 0 Å². The van der Waals surface area contributed by atoms with E-state index in [9.17, 15) is 4.79 Å². The predicted octanol–water partition coefficient (Wildman–Crippen LogP) is 3.77. The molecule has 4 nitrogen and oxygen atoms in total. The van der Waals surface area contributed by atoms with Gasteiger partial charge in [-0.3, -0.25) is 4.79 Å². The summed E-state index contributed by atoms with van der Waals surface area (Å²) < 4.78 is 11.3. The molecule has 1 fully saturated rings. The van der Waals surface area contributed by atoms with Crippen LogP contribution in [-0.2, 0) is 16.1 Å². The van der Waals surface area contributed by atoms with E-state index in [4.69, 9.17) is 20.8 Å². The number of furan rings is 1. The Balaban J connectivity index is 1.74. The topological polar surface area (TPSA) is 42.7 Å². The summed E-state index contributed by atoms with van der Waals surface area (Å²) in [4.78, 5) is 14.1. The van der Waals surface area contributed by atoms with Gasteiger partial charge in [-0.1, -0.05) is 30.3 Å². The monoisotopic (exact) mass is 333 g/mol. The molecule has 1 aliphatic heterocycles. The maximum atomic E-state index is 12.3. The Kier molecular flexibility index (Phi) is 5.36. The molecule has 3 rings (SSSR count). The van der Waals surface area contributed by atoms with Gasteiger partial charge in [-0.15, -0.1) is 11.6 Å². The van der Waals surface area contributed by atoms with Crippen LogP contribution in [0.5, 0.6) is 0 Å². The van der Waals surface area contributed by atoms with Crippen molar-refractivity contribution < 1.29 is 13.9 Å². The maximum absolute atomic E-state index is 12.3. The molecule has 1 aromatic heterocycles. The van der Waals surface area contributed by atoms with Gasteiger partial charge in [0.15, 0.2) is 0 Å². The molecule has 1 aromatic carbocycles. The van der Waals surface area contributed by atoms with Gasteiger partial charge in [0, 0.05) is 12.6 Å². The lowest BCUT2D eigenvalue weighted by molar-refractivity contribution is -0.135. The van der Waals surface area contributed by atoms with Crippen molar-refractivity contribution in [1.82, 2.24) is 4.90 Å². The molecular weight excluding hydrogens is 314 g/mol. The van der Waals surface area contributed by atoms with Crippen LogP contribution >= 0.6 is 11.6 Å². The van der Waals surface area contributed by atoms with Crippen molar-refractivity contribution >= 4 is 17.5 Å². The van der Waals surface area contributed by atoms with E-state index >= 15 is 0 Å². The summed E-state index contributed by atoms with van der Waals surface area (Å²) in [5, 5.41) is 0. The minimum Gasteiger partial charge on any atom is -0.467 e. The molecule has 1 saturated heterocycles. The molecule has 0 aliphatic carbocycles. The summed E-state index contributed by atoms with van der Waals surface area (Å²) in [7, 11) is 0. The van der Waals surface area contributed by atoms with Crippen molar-refractivity contribution in [3.05, 3.63) is 60.1 Å². The zero-order valence-electron chi connectivity index (χ0n) is 12.9. The fourth-order valence-electron chi connectivity index (χ4n) is 3.03. The summed E-state index contributed by atoms with van der Waals surface area (Å²) in [6, 6.07) is 13.9. The number of nitrogens with zero attached hydrogens (tertiary/aromatic N) is 1. The highest BCUT2D eigenvalue weighted by atomic mass is 35.5. The van der Waals surface area contributed by atoms with Crippen LogP contribution in [0.3, 0.4) is 0 Å². The molecule has 2 aromatic rings. The molecule has 1 aliphatic rings. The fourth-order valence-corrected chi connectivity index (χ4v) is 3.18. The van der Waals surface area contributed by atoms with Crippen molar-refractivity contribution in [2.75, 3.05) is 12.5 Å². The van der Waals surface area contributed by atoms with Crippen LogP contribution in [0.15, 0.2) is 53.1 Å². The minimum atomic E-state index is -0.0678. The third kappa shape index (κ3) is 3.95. The molecule has 1 amide bonds. The Bertz CT molecular complexity index is 614. The van der Waals surface area contributed by atoms with Crippen LogP contribution in [0, 0.1) is 0 Å². The molecule has 23 heavy (non-hydrogen) atoms. The lowest BCUT2D eigenvalue weighted by Crippen LogP contribution is -2.44. The smallest absolute Gasteiger partial charge is 0.238 e. The number of carbonyl (C=O) groups is 1. The second kappa shape index (κ2) is 7.66. The zero-order chi connectivity index (χ0) is 16.1. The third-order valence-electron chi connectivity index (χ3n) is 4.21. The van der Waals surface area contributed by atoms with Gasteiger partial charge in [0.2, 0.25) is 5.91 Å². The first-order valence-electron chi connectivity index (χ1n) is 7.82. The van der Waals surface area contributed by atoms with Gasteiger partial charge < -0.3 is 14.1 Å². The molecule has 0 unspecified atom stereocenters. The van der Waals surface area contributed by atoms with E-state index in [1.807, 2.05) is 35.2 Å². The van der Waals surface area contributed by atoms with Crippen molar-refractivity contribution in [1.29, 1.82) is 0 Å². The number of alkyl halides is 1. The average molecular weight is 334 g/mol. The van der Waals surface area contributed by atoms with Crippen LogP contribution in [-0.4, -0.2) is 29.3 Å². The largest absolute Gasteiger partial charge is 0.467 e. The Morgan fingerprint density at radius 3 is 2.74 bits per heavy atom. The van der Waals surface area contributed by atoms with Crippen molar-refractivity contribution in [3.8, 4) is 0 Å². The summed E-state index contributed by atoms with van der Waals surface area (Å²) in [5.41, 5.74) is 1.15. The number of rotatable bonds is 5. The maximum Gasteiger partial charge on any atom is 0.238 e. The molecule has 2 heterocycles. The minimum absolute atomic E-state index is 0.0113. The van der Waals surface area contributed by atoms with E-state index in [1.54, 1.807) is 6.26 Å². The van der Waals surface area contributed by atoms with Gasteiger partial charge in [-0.25, -0.2) is 0 Å². The Labute approximate surface area is 141 Å². The highest BCUT2D eigenvalue weighted by molar-refractivity contribution is 6.27. The average Bonchev–Trinajstić information content (AvgIpc) is 3.13. The molecule has 0 bridgehead atoms. The summed E-state index contributed by atoms with van der Waals surface area (Å²) in [6.45, 7) is 1.08. The molecule has 0 saturated carbocycles. The van der Waals surface area contributed by atoms with Gasteiger partial charge in [-0.05, 0) is 30.5 Å². The first kappa shape index (κ1) is 16.1. The van der Waals surface area contributed by atoms with Crippen LogP contribution in [0.2, 0.25) is 0 Å². The molecule has 5 heteroatoms. The highest BCUT2D eigenvalue weighted by Crippen LogP contribution is 2.31. The molecule has 2 atom stereocenters. The number of carbonyl (C=O) groups excluding carboxylic acids is 1. The molecule has 122 valence electrons. The Morgan fingerprint density at radius 2 is 2.04 bits per heavy atom. The third-order valence-corrected chi connectivity index (χ3v) is 4.44. The van der Waals surface area contributed by atoms with Gasteiger partial charge >= 0.3 is 0 Å². The molecule has 0 spiro atoms. The number of hydrogen-bond donors (Lipinski definition) is 0. The van der Waals surface area contributed by atoms with E-state index in [0.717, 1.165) is 24.2 Å².